The molecule has 96 valence electrons. The van der Waals surface area contributed by atoms with Crippen LogP contribution >= 0.6 is 0 Å². The number of aromatic nitrogens is 2. The maximum Gasteiger partial charge on any atom is -1.00 e. The Bertz CT molecular complexity index is 548. The first-order valence-electron chi connectivity index (χ1n) is 5.71. The molecule has 0 unspecified atom stereocenters. The molecule has 0 saturated heterocycles. The maximum absolute atomic E-state index is 4.11. The second-order valence-electron chi connectivity index (χ2n) is 4.08. The molecule has 5 heteroatoms. The number of halogens is 2. The summed E-state index contributed by atoms with van der Waals surface area (Å²) in [6.45, 7) is 0. The van der Waals surface area contributed by atoms with Crippen LogP contribution in [0.2, 0.25) is 0 Å². The summed E-state index contributed by atoms with van der Waals surface area (Å²) in [6, 6.07) is 0. The predicted octanol–water partition coefficient (Wildman–Crippen LogP) is -2.92. The minimum atomic E-state index is -0.567. The molecule has 0 radical (unpaired) electrons. The van der Waals surface area contributed by atoms with Crippen molar-refractivity contribution in [2.75, 3.05) is 0 Å². The third-order valence-electron chi connectivity index (χ3n) is 2.89. The normalized spacial score (nSPS) is 15.7. The van der Waals surface area contributed by atoms with E-state index in [0.717, 1.165) is 6.42 Å². The number of hydrogen-bond donors (Lipinski definition) is 0. The Hall–Kier alpha value is -0.497. The van der Waals surface area contributed by atoms with Gasteiger partial charge < -0.3 is 24.8 Å². The fourth-order valence-corrected chi connectivity index (χ4v) is 5.43. The van der Waals surface area contributed by atoms with Gasteiger partial charge in [-0.15, -0.1) is 0 Å². The van der Waals surface area contributed by atoms with Crippen LogP contribution in [-0.2, 0) is 23.2 Å². The van der Waals surface area contributed by atoms with E-state index in [0.29, 0.717) is 0 Å². The van der Waals surface area contributed by atoms with Gasteiger partial charge in [-0.2, -0.15) is 0 Å². The van der Waals surface area contributed by atoms with Crippen molar-refractivity contribution >= 4 is 5.57 Å². The molecule has 0 saturated carbocycles. The van der Waals surface area contributed by atoms with Gasteiger partial charge >= 0.3 is 113 Å². The smallest absolute Gasteiger partial charge is 1.00 e. The fourth-order valence-electron chi connectivity index (χ4n) is 2.07. The van der Waals surface area contributed by atoms with Gasteiger partial charge in [-0.25, -0.2) is 0 Å². The molecule has 0 fully saturated rings. The van der Waals surface area contributed by atoms with Crippen LogP contribution in [0.5, 0.6) is 0 Å². The van der Waals surface area contributed by atoms with Crippen LogP contribution in [0, 0.1) is 0 Å². The van der Waals surface area contributed by atoms with Crippen LogP contribution in [0.4, 0.5) is 0 Å². The molecule has 2 aliphatic carbocycles. The van der Waals surface area contributed by atoms with Gasteiger partial charge in [0.1, 0.15) is 0 Å². The summed E-state index contributed by atoms with van der Waals surface area (Å²) in [5, 5.41) is 0. The van der Waals surface area contributed by atoms with E-state index < -0.39 is 23.2 Å². The zero-order valence-corrected chi connectivity index (χ0v) is 14.2. The van der Waals surface area contributed by atoms with E-state index in [1.54, 1.807) is 12.9 Å². The summed E-state index contributed by atoms with van der Waals surface area (Å²) in [4.78, 5) is 8.22. The molecule has 1 heterocycles. The Morgan fingerprint density at radius 2 is 1.79 bits per heavy atom. The quantitative estimate of drug-likeness (QED) is 0.570. The Labute approximate surface area is 137 Å². The van der Waals surface area contributed by atoms with Crippen molar-refractivity contribution in [3.63, 3.8) is 0 Å². The first-order valence-corrected chi connectivity index (χ1v) is 8.17. The number of nitrogens with zero attached hydrogens (tertiary/aromatic N) is 2. The van der Waals surface area contributed by atoms with Crippen molar-refractivity contribution in [2.24, 2.45) is 0 Å². The molecule has 19 heavy (non-hydrogen) atoms. The van der Waals surface area contributed by atoms with Crippen molar-refractivity contribution in [2.45, 2.75) is 12.8 Å². The van der Waals surface area contributed by atoms with Crippen LogP contribution in [0.1, 0.15) is 18.4 Å². The van der Waals surface area contributed by atoms with Crippen molar-refractivity contribution in [1.82, 2.24) is 9.97 Å². The van der Waals surface area contributed by atoms with Crippen molar-refractivity contribution in [1.29, 1.82) is 0 Å². The van der Waals surface area contributed by atoms with Gasteiger partial charge in [0.05, 0.1) is 0 Å². The van der Waals surface area contributed by atoms with E-state index in [1.165, 1.54) is 17.6 Å². The van der Waals surface area contributed by atoms with Crippen LogP contribution in [0.15, 0.2) is 55.7 Å². The van der Waals surface area contributed by atoms with Gasteiger partial charge in [-0.3, -0.25) is 0 Å². The van der Waals surface area contributed by atoms with Crippen LogP contribution in [0.3, 0.4) is 0 Å². The number of hydrogen-bond acceptors (Lipinski definition) is 2. The molecule has 0 N–H and O–H groups in total. The van der Waals surface area contributed by atoms with Gasteiger partial charge in [0.15, 0.2) is 0 Å². The van der Waals surface area contributed by atoms with E-state index in [4.69, 9.17) is 0 Å². The van der Waals surface area contributed by atoms with Crippen LogP contribution in [0.25, 0.3) is 5.57 Å². The molecule has 0 aliphatic heterocycles. The number of rotatable bonds is 3. The molecule has 0 atom stereocenters. The molecule has 0 aromatic carbocycles. The fraction of sp³-hybridized carbons (Fsp3) is 0.143. The molecule has 2 nitrogen and oxygen atoms in total. The van der Waals surface area contributed by atoms with E-state index in [1.807, 2.05) is 12.4 Å². The third kappa shape index (κ3) is 3.98. The molecule has 3 rings (SSSR count). The molecule has 2 aliphatic rings. The van der Waals surface area contributed by atoms with E-state index in [-0.39, 0.29) is 24.8 Å². The van der Waals surface area contributed by atoms with Gasteiger partial charge in [0.25, 0.3) is 0 Å². The van der Waals surface area contributed by atoms with Crippen LogP contribution in [-0.4, -0.2) is 9.97 Å². The van der Waals surface area contributed by atoms with Gasteiger partial charge in [0.2, 0.25) is 0 Å². The topological polar surface area (TPSA) is 25.8 Å². The van der Waals surface area contributed by atoms with Crippen LogP contribution < -0.4 is 24.8 Å². The van der Waals surface area contributed by atoms with Crippen molar-refractivity contribution < 1.29 is 48.0 Å². The van der Waals surface area contributed by atoms with Gasteiger partial charge in [-0.05, 0) is 0 Å². The van der Waals surface area contributed by atoms with E-state index in [9.17, 15) is 0 Å². The van der Waals surface area contributed by atoms with Crippen molar-refractivity contribution in [3.05, 3.63) is 61.2 Å². The second-order valence-corrected chi connectivity index (χ2v) is 7.75. The van der Waals surface area contributed by atoms with Gasteiger partial charge in [0, 0.05) is 0 Å². The average molecular weight is 370 g/mol. The summed E-state index contributed by atoms with van der Waals surface area (Å²) >= 11 is -0.567. The number of allylic oxidation sites excluding steroid dienone is 8. The summed E-state index contributed by atoms with van der Waals surface area (Å²) in [7, 11) is 0. The molecule has 1 aromatic rings. The summed E-state index contributed by atoms with van der Waals surface area (Å²) in [5.74, 6) is 0. The molecule has 0 amide bonds. The zero-order chi connectivity index (χ0) is 11.5. The minimum Gasteiger partial charge on any atom is -1.00 e. The van der Waals surface area contributed by atoms with Crippen molar-refractivity contribution in [3.8, 4) is 0 Å². The SMILES string of the molecule is C1=CC[C]([Zr+2][C]2=C(c3cncnc3)C=CC2)=C1.[Cl-].[Cl-]. The Balaban J connectivity index is 0.000000902. The Kier molecular flexibility index (Phi) is 6.92. The Morgan fingerprint density at radius 1 is 1.00 bits per heavy atom. The second kappa shape index (κ2) is 7.94. The first kappa shape index (κ1) is 16.6. The zero-order valence-electron chi connectivity index (χ0n) is 10.2. The average Bonchev–Trinajstić information content (AvgIpc) is 3.02. The molecular weight excluding hydrogens is 358 g/mol. The van der Waals surface area contributed by atoms with E-state index >= 15 is 0 Å². The first-order chi connectivity index (χ1) is 8.43. The maximum atomic E-state index is 4.11. The molecular formula is C14H12Cl2N2Zr. The Morgan fingerprint density at radius 3 is 2.47 bits per heavy atom. The van der Waals surface area contributed by atoms with E-state index in [2.05, 4.69) is 40.3 Å². The molecule has 0 bridgehead atoms. The summed E-state index contributed by atoms with van der Waals surface area (Å²) in [5.41, 5.74) is 2.55. The third-order valence-corrected chi connectivity index (χ3v) is 6.49. The predicted molar refractivity (Wildman–Crippen MR) is 64.5 cm³/mol. The summed E-state index contributed by atoms with van der Waals surface area (Å²) in [6.07, 6.45) is 19.0. The standard InChI is InChI=1S/C9H7N2.C5H5.2ClH.Zr/c1-2-4-8(3-1)9-5-10-7-11-6-9;1-2-4-5-3-1;;;/h1,3,5-7H,2H2;1-3H,4H2;2*1H;/q;;;;+2/p-2. The molecule has 0 spiro atoms. The summed E-state index contributed by atoms with van der Waals surface area (Å²) < 4.78 is 3.32. The van der Waals surface area contributed by atoms with Gasteiger partial charge in [-0.1, -0.05) is 0 Å². The largest absolute Gasteiger partial charge is 1.00 e. The molecule has 1 aromatic heterocycles. The minimum absolute atomic E-state index is 0. The monoisotopic (exact) mass is 368 g/mol.